The fraction of sp³-hybridized carbons (Fsp3) is 0.300. The van der Waals surface area contributed by atoms with Gasteiger partial charge in [-0.3, -0.25) is 0 Å². The molecule has 0 fully saturated rings. The molecule has 0 saturated heterocycles. The van der Waals surface area contributed by atoms with Crippen LogP contribution in [0.3, 0.4) is 0 Å². The molecule has 2 N–H and O–H groups in total. The lowest BCUT2D eigenvalue weighted by Crippen LogP contribution is -2.33. The third-order valence-electron chi connectivity index (χ3n) is 2.81. The average Bonchev–Trinajstić information content (AvgIpc) is 2.63. The molecule has 7 heteroatoms. The van der Waals surface area contributed by atoms with Gasteiger partial charge in [0.15, 0.2) is 0 Å². The van der Waals surface area contributed by atoms with Crippen molar-refractivity contribution in [1.29, 1.82) is 0 Å². The van der Waals surface area contributed by atoms with Crippen LogP contribution in [0.15, 0.2) is 23.4 Å². The van der Waals surface area contributed by atoms with E-state index < -0.39 is 26.1 Å². The van der Waals surface area contributed by atoms with E-state index in [1.807, 2.05) is 0 Å². The van der Waals surface area contributed by atoms with Crippen molar-refractivity contribution >= 4 is 18.8 Å². The van der Waals surface area contributed by atoms with Gasteiger partial charge in [0.05, 0.1) is 6.21 Å². The summed E-state index contributed by atoms with van der Waals surface area (Å²) >= 11 is 0. The minimum absolute atomic E-state index is 0.243. The zero-order valence-electron chi connectivity index (χ0n) is 8.81. The molecule has 2 rings (SSSR count). The third kappa shape index (κ3) is 1.81. The van der Waals surface area contributed by atoms with Crippen LogP contribution in [0, 0.1) is 0 Å². The molecule has 0 saturated carbocycles. The maximum absolute atomic E-state index is 13.0. The van der Waals surface area contributed by atoms with Crippen LogP contribution in [0.2, 0.25) is 0 Å². The van der Waals surface area contributed by atoms with E-state index in [0.717, 1.165) is 6.21 Å². The van der Waals surface area contributed by atoms with E-state index in [1.54, 1.807) is 6.07 Å². The average molecular weight is 241 g/mol. The van der Waals surface area contributed by atoms with Gasteiger partial charge in [-0.05, 0) is 22.7 Å². The van der Waals surface area contributed by atoms with E-state index in [0.29, 0.717) is 11.0 Å². The standard InChI is InChI=1S/C10H10BF2NO3/c12-5-10(6-13)8-3-7(4-14-16)1-2-9(8)11(15)17-10/h1-4,15-16H,5-6H2. The number of alkyl halides is 2. The summed E-state index contributed by atoms with van der Waals surface area (Å²) in [6.07, 6.45) is 1.13. The maximum Gasteiger partial charge on any atom is 0.492 e. The Balaban J connectivity index is 2.53. The van der Waals surface area contributed by atoms with E-state index in [1.165, 1.54) is 12.1 Å². The van der Waals surface area contributed by atoms with Crippen molar-refractivity contribution in [3.8, 4) is 0 Å². The molecular weight excluding hydrogens is 231 g/mol. The molecule has 1 aliphatic rings. The number of fused-ring (bicyclic) bond motifs is 1. The fourth-order valence-corrected chi connectivity index (χ4v) is 1.91. The summed E-state index contributed by atoms with van der Waals surface area (Å²) in [4.78, 5) is 0. The summed E-state index contributed by atoms with van der Waals surface area (Å²) in [6, 6.07) is 4.48. The predicted molar refractivity (Wildman–Crippen MR) is 58.1 cm³/mol. The number of nitrogens with zero attached hydrogens (tertiary/aromatic N) is 1. The number of oxime groups is 1. The van der Waals surface area contributed by atoms with Crippen molar-refractivity contribution in [2.24, 2.45) is 5.16 Å². The molecule has 0 amide bonds. The first kappa shape index (κ1) is 12.0. The molecule has 90 valence electrons. The SMILES string of the molecule is ON=Cc1ccc2c(c1)C(CF)(CF)OB2O. The van der Waals surface area contributed by atoms with E-state index in [9.17, 15) is 13.8 Å². The Bertz CT molecular complexity index is 451. The third-order valence-corrected chi connectivity index (χ3v) is 2.81. The minimum Gasteiger partial charge on any atom is -0.423 e. The zero-order chi connectivity index (χ0) is 12.5. The summed E-state index contributed by atoms with van der Waals surface area (Å²) in [5.74, 6) is 0. The van der Waals surface area contributed by atoms with Gasteiger partial charge < -0.3 is 14.9 Å². The molecule has 0 bridgehead atoms. The highest BCUT2D eigenvalue weighted by Gasteiger charge is 2.47. The second kappa shape index (κ2) is 4.42. The molecular formula is C10H10BF2NO3. The molecule has 1 heterocycles. The topological polar surface area (TPSA) is 62.1 Å². The molecule has 0 aromatic heterocycles. The molecule has 17 heavy (non-hydrogen) atoms. The Hall–Kier alpha value is -1.47. The second-order valence-electron chi connectivity index (χ2n) is 3.82. The Morgan fingerprint density at radius 1 is 1.41 bits per heavy atom. The number of hydrogen-bond donors (Lipinski definition) is 2. The van der Waals surface area contributed by atoms with Gasteiger partial charge in [-0.2, -0.15) is 0 Å². The van der Waals surface area contributed by atoms with E-state index in [-0.39, 0.29) is 5.56 Å². The summed E-state index contributed by atoms with van der Waals surface area (Å²) in [5, 5.41) is 20.8. The summed E-state index contributed by atoms with van der Waals surface area (Å²) in [7, 11) is -1.34. The monoisotopic (exact) mass is 241 g/mol. The first-order valence-corrected chi connectivity index (χ1v) is 4.96. The number of benzene rings is 1. The van der Waals surface area contributed by atoms with Gasteiger partial charge in [0.1, 0.15) is 19.0 Å². The second-order valence-corrected chi connectivity index (χ2v) is 3.82. The molecule has 1 aromatic carbocycles. The van der Waals surface area contributed by atoms with Gasteiger partial charge in [-0.15, -0.1) is 0 Å². The van der Waals surface area contributed by atoms with E-state index in [4.69, 9.17) is 9.86 Å². The van der Waals surface area contributed by atoms with Crippen LogP contribution in [0.1, 0.15) is 11.1 Å². The number of hydrogen-bond acceptors (Lipinski definition) is 4. The first-order chi connectivity index (χ1) is 8.16. The van der Waals surface area contributed by atoms with Crippen LogP contribution < -0.4 is 5.46 Å². The normalized spacial score (nSPS) is 17.7. The molecule has 0 atom stereocenters. The fourth-order valence-electron chi connectivity index (χ4n) is 1.91. The van der Waals surface area contributed by atoms with E-state index in [2.05, 4.69) is 5.16 Å². The van der Waals surface area contributed by atoms with Gasteiger partial charge in [-0.1, -0.05) is 17.3 Å². The van der Waals surface area contributed by atoms with Gasteiger partial charge in [0.2, 0.25) is 0 Å². The highest BCUT2D eigenvalue weighted by molar-refractivity contribution is 6.62. The maximum atomic E-state index is 13.0. The molecule has 0 unspecified atom stereocenters. The van der Waals surface area contributed by atoms with Crippen molar-refractivity contribution in [3.05, 3.63) is 29.3 Å². The Kier molecular flexibility index (Phi) is 3.12. The lowest BCUT2D eigenvalue weighted by atomic mass is 9.77. The largest absolute Gasteiger partial charge is 0.492 e. The van der Waals surface area contributed by atoms with Crippen molar-refractivity contribution < 1.29 is 23.7 Å². The summed E-state index contributed by atoms with van der Waals surface area (Å²) in [6.45, 7) is -2.15. The molecule has 4 nitrogen and oxygen atoms in total. The van der Waals surface area contributed by atoms with Crippen LogP contribution in [-0.4, -0.2) is 36.9 Å². The van der Waals surface area contributed by atoms with Gasteiger partial charge in [0, 0.05) is 0 Å². The highest BCUT2D eigenvalue weighted by atomic mass is 19.1. The van der Waals surface area contributed by atoms with Crippen LogP contribution in [-0.2, 0) is 10.3 Å². The molecule has 0 aliphatic carbocycles. The quantitative estimate of drug-likeness (QED) is 0.347. The summed E-state index contributed by atoms with van der Waals surface area (Å²) in [5.41, 5.74) is -0.716. The molecule has 0 spiro atoms. The Labute approximate surface area is 96.7 Å². The van der Waals surface area contributed by atoms with Crippen molar-refractivity contribution in [2.75, 3.05) is 13.3 Å². The van der Waals surface area contributed by atoms with Crippen LogP contribution >= 0.6 is 0 Å². The predicted octanol–water partition coefficient (Wildman–Crippen LogP) is 0.347. The molecule has 1 aromatic rings. The smallest absolute Gasteiger partial charge is 0.423 e. The number of halogens is 2. The Morgan fingerprint density at radius 2 is 2.12 bits per heavy atom. The van der Waals surface area contributed by atoms with Crippen LogP contribution in [0.25, 0.3) is 0 Å². The molecule has 1 aliphatic heterocycles. The minimum atomic E-state index is -1.76. The van der Waals surface area contributed by atoms with Crippen molar-refractivity contribution in [2.45, 2.75) is 5.60 Å². The number of rotatable bonds is 3. The van der Waals surface area contributed by atoms with Gasteiger partial charge in [0.25, 0.3) is 0 Å². The van der Waals surface area contributed by atoms with E-state index >= 15 is 0 Å². The Morgan fingerprint density at radius 3 is 2.71 bits per heavy atom. The van der Waals surface area contributed by atoms with Gasteiger partial charge in [-0.25, -0.2) is 8.78 Å². The lowest BCUT2D eigenvalue weighted by Gasteiger charge is -2.23. The summed E-state index contributed by atoms with van der Waals surface area (Å²) < 4.78 is 30.9. The zero-order valence-corrected chi connectivity index (χ0v) is 8.81. The van der Waals surface area contributed by atoms with Gasteiger partial charge >= 0.3 is 7.12 Å². The molecule has 0 radical (unpaired) electrons. The highest BCUT2D eigenvalue weighted by Crippen LogP contribution is 2.32. The van der Waals surface area contributed by atoms with Crippen molar-refractivity contribution in [3.63, 3.8) is 0 Å². The first-order valence-electron chi connectivity index (χ1n) is 4.96. The van der Waals surface area contributed by atoms with Crippen molar-refractivity contribution in [1.82, 2.24) is 0 Å². The van der Waals surface area contributed by atoms with Crippen LogP contribution in [0.5, 0.6) is 0 Å². The lowest BCUT2D eigenvalue weighted by molar-refractivity contribution is 0.0106. The van der Waals surface area contributed by atoms with Crippen LogP contribution in [0.4, 0.5) is 8.78 Å².